The van der Waals surface area contributed by atoms with Gasteiger partial charge < -0.3 is 14.5 Å². The van der Waals surface area contributed by atoms with Crippen LogP contribution in [0.5, 0.6) is 5.75 Å². The standard InChI is InChI=1S/C18H17FN4O3/c1-26-18-11-14(19)2-4-17(18)22-8-6-21(7-9-22)16-5-3-15(23(24)25)10-13(16)12-20/h2-5,10-11H,6-9H2,1H3. The zero-order valence-corrected chi connectivity index (χ0v) is 14.2. The first-order chi connectivity index (χ1) is 12.5. The third-order valence-electron chi connectivity index (χ3n) is 4.41. The van der Waals surface area contributed by atoms with Gasteiger partial charge in [-0.2, -0.15) is 5.26 Å². The molecule has 0 bridgehead atoms. The molecule has 1 saturated heterocycles. The second-order valence-corrected chi connectivity index (χ2v) is 5.86. The molecule has 1 aliphatic rings. The van der Waals surface area contributed by atoms with E-state index in [4.69, 9.17) is 4.74 Å². The van der Waals surface area contributed by atoms with Gasteiger partial charge in [0.25, 0.3) is 5.69 Å². The first-order valence-corrected chi connectivity index (χ1v) is 8.05. The van der Waals surface area contributed by atoms with Crippen molar-refractivity contribution in [3.63, 3.8) is 0 Å². The molecule has 0 spiro atoms. The minimum Gasteiger partial charge on any atom is -0.494 e. The maximum absolute atomic E-state index is 13.4. The van der Waals surface area contributed by atoms with Crippen LogP contribution >= 0.6 is 0 Å². The molecular weight excluding hydrogens is 339 g/mol. The minimum atomic E-state index is -0.511. The number of benzene rings is 2. The predicted molar refractivity (Wildman–Crippen MR) is 95.2 cm³/mol. The van der Waals surface area contributed by atoms with Crippen molar-refractivity contribution >= 4 is 17.1 Å². The van der Waals surface area contributed by atoms with Crippen LogP contribution in [0.2, 0.25) is 0 Å². The van der Waals surface area contributed by atoms with Crippen molar-refractivity contribution in [3.05, 3.63) is 57.9 Å². The Balaban J connectivity index is 1.77. The first kappa shape index (κ1) is 17.5. The number of piperazine rings is 1. The summed E-state index contributed by atoms with van der Waals surface area (Å²) in [5.41, 5.74) is 1.69. The molecule has 0 N–H and O–H groups in total. The Morgan fingerprint density at radius 3 is 2.31 bits per heavy atom. The second kappa shape index (κ2) is 7.27. The van der Waals surface area contributed by atoms with Gasteiger partial charge in [0.15, 0.2) is 0 Å². The Morgan fingerprint density at radius 1 is 1.12 bits per heavy atom. The molecule has 0 unspecified atom stereocenters. The highest BCUT2D eigenvalue weighted by Crippen LogP contribution is 2.31. The molecule has 0 saturated carbocycles. The van der Waals surface area contributed by atoms with Crippen LogP contribution in [0.4, 0.5) is 21.5 Å². The van der Waals surface area contributed by atoms with E-state index in [1.165, 1.54) is 31.4 Å². The third-order valence-corrected chi connectivity index (χ3v) is 4.41. The topological polar surface area (TPSA) is 82.6 Å². The highest BCUT2D eigenvalue weighted by atomic mass is 19.1. The summed E-state index contributed by atoms with van der Waals surface area (Å²) in [7, 11) is 1.50. The number of nitro groups is 1. The van der Waals surface area contributed by atoms with Crippen LogP contribution in [0.15, 0.2) is 36.4 Å². The fourth-order valence-corrected chi connectivity index (χ4v) is 3.10. The molecular formula is C18H17FN4O3. The molecule has 0 radical (unpaired) electrons. The second-order valence-electron chi connectivity index (χ2n) is 5.86. The molecule has 1 aliphatic heterocycles. The van der Waals surface area contributed by atoms with Gasteiger partial charge in [-0.05, 0) is 18.2 Å². The van der Waals surface area contributed by atoms with Gasteiger partial charge in [0.1, 0.15) is 17.6 Å². The lowest BCUT2D eigenvalue weighted by atomic mass is 10.1. The smallest absolute Gasteiger partial charge is 0.270 e. The first-order valence-electron chi connectivity index (χ1n) is 8.05. The quantitative estimate of drug-likeness (QED) is 0.619. The van der Waals surface area contributed by atoms with Gasteiger partial charge in [-0.3, -0.25) is 10.1 Å². The Morgan fingerprint density at radius 2 is 1.73 bits per heavy atom. The summed E-state index contributed by atoms with van der Waals surface area (Å²) in [6.07, 6.45) is 0. The van der Waals surface area contributed by atoms with Gasteiger partial charge in [-0.25, -0.2) is 4.39 Å². The number of ether oxygens (including phenoxy) is 1. The molecule has 3 rings (SSSR count). The van der Waals surface area contributed by atoms with Crippen molar-refractivity contribution in [2.24, 2.45) is 0 Å². The van der Waals surface area contributed by atoms with Crippen LogP contribution in [0, 0.1) is 27.3 Å². The molecule has 26 heavy (non-hydrogen) atoms. The molecule has 0 aliphatic carbocycles. The highest BCUT2D eigenvalue weighted by Gasteiger charge is 2.23. The van der Waals surface area contributed by atoms with E-state index in [9.17, 15) is 19.8 Å². The predicted octanol–water partition coefficient (Wildman–Crippen LogP) is 2.94. The molecule has 1 heterocycles. The van der Waals surface area contributed by atoms with E-state index in [2.05, 4.69) is 4.90 Å². The van der Waals surface area contributed by atoms with Gasteiger partial charge in [-0.15, -0.1) is 0 Å². The SMILES string of the molecule is COc1cc(F)ccc1N1CCN(c2ccc([N+](=O)[O-])cc2C#N)CC1. The van der Waals surface area contributed by atoms with E-state index in [-0.39, 0.29) is 17.1 Å². The van der Waals surface area contributed by atoms with Crippen LogP contribution < -0.4 is 14.5 Å². The van der Waals surface area contributed by atoms with E-state index in [0.29, 0.717) is 37.6 Å². The molecule has 2 aromatic carbocycles. The number of nitro benzene ring substituents is 1. The minimum absolute atomic E-state index is 0.0972. The zero-order chi connectivity index (χ0) is 18.7. The molecule has 8 heteroatoms. The van der Waals surface area contributed by atoms with Crippen molar-refractivity contribution in [2.75, 3.05) is 43.1 Å². The number of nitrogens with zero attached hydrogens (tertiary/aromatic N) is 4. The Labute approximate surface area is 150 Å². The summed E-state index contributed by atoms with van der Waals surface area (Å²) in [5.74, 6) is 0.125. The summed E-state index contributed by atoms with van der Waals surface area (Å²) >= 11 is 0. The zero-order valence-electron chi connectivity index (χ0n) is 14.2. The number of halogens is 1. The van der Waals surface area contributed by atoms with Gasteiger partial charge in [0.2, 0.25) is 0 Å². The van der Waals surface area contributed by atoms with Crippen molar-refractivity contribution in [1.82, 2.24) is 0 Å². The van der Waals surface area contributed by atoms with Crippen LogP contribution in [-0.4, -0.2) is 38.2 Å². The summed E-state index contributed by atoms with van der Waals surface area (Å²) < 4.78 is 18.6. The van der Waals surface area contributed by atoms with E-state index in [1.807, 2.05) is 11.0 Å². The largest absolute Gasteiger partial charge is 0.494 e. The van der Waals surface area contributed by atoms with Crippen molar-refractivity contribution in [2.45, 2.75) is 0 Å². The maximum Gasteiger partial charge on any atom is 0.270 e. The lowest BCUT2D eigenvalue weighted by Gasteiger charge is -2.38. The fraction of sp³-hybridized carbons (Fsp3) is 0.278. The summed E-state index contributed by atoms with van der Waals surface area (Å²) in [6, 6.07) is 10.8. The third kappa shape index (κ3) is 3.37. The van der Waals surface area contributed by atoms with E-state index in [1.54, 1.807) is 12.1 Å². The lowest BCUT2D eigenvalue weighted by Crippen LogP contribution is -2.46. The number of methoxy groups -OCH3 is 1. The Kier molecular flexibility index (Phi) is 4.89. The number of anilines is 2. The van der Waals surface area contributed by atoms with Gasteiger partial charge >= 0.3 is 0 Å². The number of rotatable bonds is 4. The normalized spacial score (nSPS) is 14.0. The van der Waals surface area contributed by atoms with Gasteiger partial charge in [-0.1, -0.05) is 0 Å². The number of hydrogen-bond donors (Lipinski definition) is 0. The molecule has 134 valence electrons. The molecule has 0 atom stereocenters. The maximum atomic E-state index is 13.4. The Bertz CT molecular complexity index is 873. The van der Waals surface area contributed by atoms with Crippen LogP contribution in [0.25, 0.3) is 0 Å². The summed E-state index contributed by atoms with van der Waals surface area (Å²) in [5, 5.41) is 20.2. The molecule has 1 fully saturated rings. The lowest BCUT2D eigenvalue weighted by molar-refractivity contribution is -0.384. The fourth-order valence-electron chi connectivity index (χ4n) is 3.10. The van der Waals surface area contributed by atoms with Crippen molar-refractivity contribution < 1.29 is 14.1 Å². The van der Waals surface area contributed by atoms with E-state index < -0.39 is 4.92 Å². The molecule has 0 aromatic heterocycles. The van der Waals surface area contributed by atoms with Crippen LogP contribution in [-0.2, 0) is 0 Å². The van der Waals surface area contributed by atoms with E-state index in [0.717, 1.165) is 5.69 Å². The monoisotopic (exact) mass is 356 g/mol. The van der Waals surface area contributed by atoms with Gasteiger partial charge in [0.05, 0.1) is 29.0 Å². The number of hydrogen-bond acceptors (Lipinski definition) is 6. The number of non-ortho nitro benzene ring substituents is 1. The Hall–Kier alpha value is -3.34. The van der Waals surface area contributed by atoms with E-state index >= 15 is 0 Å². The number of nitriles is 1. The molecule has 2 aromatic rings. The van der Waals surface area contributed by atoms with Crippen LogP contribution in [0.3, 0.4) is 0 Å². The summed E-state index contributed by atoms with van der Waals surface area (Å²) in [4.78, 5) is 14.5. The van der Waals surface area contributed by atoms with Crippen LogP contribution in [0.1, 0.15) is 5.56 Å². The highest BCUT2D eigenvalue weighted by molar-refractivity contribution is 5.65. The van der Waals surface area contributed by atoms with Crippen molar-refractivity contribution in [1.29, 1.82) is 5.26 Å². The molecule has 0 amide bonds. The summed E-state index contributed by atoms with van der Waals surface area (Å²) in [6.45, 7) is 2.58. The van der Waals surface area contributed by atoms with Crippen molar-refractivity contribution in [3.8, 4) is 11.8 Å². The average molecular weight is 356 g/mol. The average Bonchev–Trinajstić information content (AvgIpc) is 2.67. The molecule has 7 nitrogen and oxygen atoms in total. The van der Waals surface area contributed by atoms with Gasteiger partial charge in [0, 0.05) is 44.4 Å².